The summed E-state index contributed by atoms with van der Waals surface area (Å²) in [6, 6.07) is 11.6. The third-order valence-electron chi connectivity index (χ3n) is 3.18. The van der Waals surface area contributed by atoms with Crippen molar-refractivity contribution in [1.82, 2.24) is 5.32 Å². The zero-order chi connectivity index (χ0) is 14.5. The maximum absolute atomic E-state index is 13.8. The Labute approximate surface area is 126 Å². The van der Waals surface area contributed by atoms with E-state index in [9.17, 15) is 8.78 Å². The fourth-order valence-corrected chi connectivity index (χ4v) is 2.56. The lowest BCUT2D eigenvalue weighted by Crippen LogP contribution is -2.23. The first-order valence-electron chi connectivity index (χ1n) is 6.53. The van der Waals surface area contributed by atoms with Crippen LogP contribution in [0.25, 0.3) is 0 Å². The molecule has 2 aromatic carbocycles. The Balaban J connectivity index is 2.27. The van der Waals surface area contributed by atoms with Crippen molar-refractivity contribution < 1.29 is 8.78 Å². The van der Waals surface area contributed by atoms with Crippen molar-refractivity contribution in [3.63, 3.8) is 0 Å². The zero-order valence-electron chi connectivity index (χ0n) is 11.2. The van der Waals surface area contributed by atoms with Crippen LogP contribution in [0.4, 0.5) is 8.78 Å². The Morgan fingerprint density at radius 2 is 1.85 bits per heavy atom. The van der Waals surface area contributed by atoms with Crippen LogP contribution < -0.4 is 5.32 Å². The Kier molecular flexibility index (Phi) is 5.26. The minimum absolute atomic E-state index is 0.0474. The van der Waals surface area contributed by atoms with Crippen LogP contribution in [0.15, 0.2) is 46.9 Å². The summed E-state index contributed by atoms with van der Waals surface area (Å²) in [7, 11) is 0. The highest BCUT2D eigenvalue weighted by Gasteiger charge is 2.14. The molecular weight excluding hydrogens is 324 g/mol. The highest BCUT2D eigenvalue weighted by molar-refractivity contribution is 9.10. The van der Waals surface area contributed by atoms with Crippen LogP contribution in [0.1, 0.15) is 24.1 Å². The molecule has 0 aliphatic heterocycles. The zero-order valence-corrected chi connectivity index (χ0v) is 12.8. The van der Waals surface area contributed by atoms with Gasteiger partial charge in [0, 0.05) is 6.04 Å². The smallest absolute Gasteiger partial charge is 0.137 e. The molecular formula is C16H16BrF2N. The van der Waals surface area contributed by atoms with Crippen LogP contribution in [0.3, 0.4) is 0 Å². The van der Waals surface area contributed by atoms with Crippen LogP contribution in [-0.4, -0.2) is 6.54 Å². The SMILES string of the molecule is CCNC(Cc1ccccc1F)c1ccc(F)c(Br)c1. The molecule has 0 heterocycles. The second kappa shape index (κ2) is 6.95. The lowest BCUT2D eigenvalue weighted by Gasteiger charge is -2.19. The number of nitrogens with one attached hydrogen (secondary N) is 1. The van der Waals surface area contributed by atoms with Crippen LogP contribution >= 0.6 is 15.9 Å². The first-order valence-corrected chi connectivity index (χ1v) is 7.33. The van der Waals surface area contributed by atoms with Gasteiger partial charge in [0.1, 0.15) is 11.6 Å². The summed E-state index contributed by atoms with van der Waals surface area (Å²) >= 11 is 3.19. The maximum atomic E-state index is 13.8. The molecule has 0 saturated heterocycles. The summed E-state index contributed by atoms with van der Waals surface area (Å²) in [5, 5.41) is 3.31. The molecule has 1 N–H and O–H groups in total. The summed E-state index contributed by atoms with van der Waals surface area (Å²) in [4.78, 5) is 0. The van der Waals surface area contributed by atoms with E-state index in [0.717, 1.165) is 12.1 Å². The van der Waals surface area contributed by atoms with Crippen molar-refractivity contribution in [2.45, 2.75) is 19.4 Å². The molecule has 0 radical (unpaired) electrons. The third-order valence-corrected chi connectivity index (χ3v) is 3.79. The van der Waals surface area contributed by atoms with Crippen LogP contribution in [0.5, 0.6) is 0 Å². The third kappa shape index (κ3) is 3.64. The van der Waals surface area contributed by atoms with Crippen molar-refractivity contribution in [3.8, 4) is 0 Å². The molecule has 0 saturated carbocycles. The standard InChI is InChI=1S/C16H16BrF2N/c1-2-20-16(10-11-5-3-4-6-14(11)18)12-7-8-15(19)13(17)9-12/h3-9,16,20H,2,10H2,1H3. The monoisotopic (exact) mass is 339 g/mol. The summed E-state index contributed by atoms with van der Waals surface area (Å²) in [6.07, 6.45) is 0.526. The fraction of sp³-hybridized carbons (Fsp3) is 0.250. The fourth-order valence-electron chi connectivity index (χ4n) is 2.17. The van der Waals surface area contributed by atoms with Gasteiger partial charge in [-0.05, 0) is 58.2 Å². The van der Waals surface area contributed by atoms with E-state index < -0.39 is 0 Å². The Morgan fingerprint density at radius 3 is 2.50 bits per heavy atom. The predicted octanol–water partition coefficient (Wildman–Crippen LogP) is 4.62. The molecule has 0 aromatic heterocycles. The van der Waals surface area contributed by atoms with Crippen molar-refractivity contribution in [2.75, 3.05) is 6.54 Å². The number of benzene rings is 2. The normalized spacial score (nSPS) is 12.4. The molecule has 2 aromatic rings. The van der Waals surface area contributed by atoms with Gasteiger partial charge < -0.3 is 5.32 Å². The van der Waals surface area contributed by atoms with E-state index in [2.05, 4.69) is 21.2 Å². The Hall–Kier alpha value is -1.26. The number of hydrogen-bond donors (Lipinski definition) is 1. The van der Waals surface area contributed by atoms with Crippen molar-refractivity contribution >= 4 is 15.9 Å². The first-order chi connectivity index (χ1) is 9.61. The molecule has 20 heavy (non-hydrogen) atoms. The second-order valence-corrected chi connectivity index (χ2v) is 5.43. The van der Waals surface area contributed by atoms with Gasteiger partial charge in [0.2, 0.25) is 0 Å². The van der Waals surface area contributed by atoms with E-state index in [1.165, 1.54) is 12.1 Å². The quantitative estimate of drug-likeness (QED) is 0.837. The number of likely N-dealkylation sites (N-methyl/N-ethyl adjacent to an activating group) is 1. The Bertz CT molecular complexity index is 586. The summed E-state index contributed by atoms with van der Waals surface area (Å²) in [5.74, 6) is -0.508. The average molecular weight is 340 g/mol. The summed E-state index contributed by atoms with van der Waals surface area (Å²) in [6.45, 7) is 2.75. The van der Waals surface area contributed by atoms with E-state index in [4.69, 9.17) is 0 Å². The molecule has 0 aliphatic rings. The first kappa shape index (κ1) is 15.1. The number of halogens is 3. The topological polar surface area (TPSA) is 12.0 Å². The lowest BCUT2D eigenvalue weighted by atomic mass is 9.98. The minimum atomic E-state index is -0.296. The van der Waals surface area contributed by atoms with Crippen LogP contribution in [-0.2, 0) is 6.42 Å². The van der Waals surface area contributed by atoms with Gasteiger partial charge >= 0.3 is 0 Å². The van der Waals surface area contributed by atoms with Crippen LogP contribution in [0.2, 0.25) is 0 Å². The van der Waals surface area contributed by atoms with E-state index in [0.29, 0.717) is 16.5 Å². The molecule has 2 rings (SSSR count). The van der Waals surface area contributed by atoms with E-state index in [-0.39, 0.29) is 17.7 Å². The molecule has 0 spiro atoms. The van der Waals surface area contributed by atoms with E-state index in [1.54, 1.807) is 24.3 Å². The largest absolute Gasteiger partial charge is 0.310 e. The molecule has 0 bridgehead atoms. The predicted molar refractivity (Wildman–Crippen MR) is 80.6 cm³/mol. The molecule has 1 atom stereocenters. The van der Waals surface area contributed by atoms with Crippen molar-refractivity contribution in [2.24, 2.45) is 0 Å². The van der Waals surface area contributed by atoms with Gasteiger partial charge in [-0.25, -0.2) is 8.78 Å². The van der Waals surface area contributed by atoms with Gasteiger partial charge in [-0.2, -0.15) is 0 Å². The van der Waals surface area contributed by atoms with Crippen molar-refractivity contribution in [1.29, 1.82) is 0 Å². The van der Waals surface area contributed by atoms with Gasteiger partial charge in [0.15, 0.2) is 0 Å². The average Bonchev–Trinajstić information content (AvgIpc) is 2.44. The van der Waals surface area contributed by atoms with E-state index in [1.807, 2.05) is 13.0 Å². The lowest BCUT2D eigenvalue weighted by molar-refractivity contribution is 0.526. The minimum Gasteiger partial charge on any atom is -0.310 e. The van der Waals surface area contributed by atoms with Gasteiger partial charge in [0.05, 0.1) is 4.47 Å². The molecule has 106 valence electrons. The molecule has 4 heteroatoms. The maximum Gasteiger partial charge on any atom is 0.137 e. The molecule has 0 aliphatic carbocycles. The summed E-state index contributed by atoms with van der Waals surface area (Å²) < 4.78 is 27.5. The number of hydrogen-bond acceptors (Lipinski definition) is 1. The molecule has 0 amide bonds. The summed E-state index contributed by atoms with van der Waals surface area (Å²) in [5.41, 5.74) is 1.59. The van der Waals surface area contributed by atoms with Gasteiger partial charge in [-0.15, -0.1) is 0 Å². The highest BCUT2D eigenvalue weighted by Crippen LogP contribution is 2.24. The molecule has 1 nitrogen and oxygen atoms in total. The van der Waals surface area contributed by atoms with Crippen LogP contribution in [0, 0.1) is 11.6 Å². The van der Waals surface area contributed by atoms with E-state index >= 15 is 0 Å². The second-order valence-electron chi connectivity index (χ2n) is 4.58. The molecule has 1 unspecified atom stereocenters. The van der Waals surface area contributed by atoms with Gasteiger partial charge in [-0.3, -0.25) is 0 Å². The van der Waals surface area contributed by atoms with Gasteiger partial charge in [-0.1, -0.05) is 31.2 Å². The Morgan fingerprint density at radius 1 is 1.10 bits per heavy atom. The molecule has 0 fully saturated rings. The number of rotatable bonds is 5. The highest BCUT2D eigenvalue weighted by atomic mass is 79.9. The van der Waals surface area contributed by atoms with Gasteiger partial charge in [0.25, 0.3) is 0 Å². The van der Waals surface area contributed by atoms with Crippen molar-refractivity contribution in [3.05, 3.63) is 69.7 Å².